The van der Waals surface area contributed by atoms with Gasteiger partial charge in [0.2, 0.25) is 0 Å². The first-order valence-electron chi connectivity index (χ1n) is 6.45. The van der Waals surface area contributed by atoms with E-state index in [4.69, 9.17) is 19.9 Å². The topological polar surface area (TPSA) is 53.7 Å². The molecule has 20 heavy (non-hydrogen) atoms. The van der Waals surface area contributed by atoms with Crippen LogP contribution in [-0.2, 0) is 0 Å². The number of ether oxygens (including phenoxy) is 3. The molecule has 0 saturated carbocycles. The van der Waals surface area contributed by atoms with Gasteiger partial charge in [0.1, 0.15) is 30.5 Å². The number of anilines is 1. The zero-order chi connectivity index (χ0) is 14.4. The Kier molecular flexibility index (Phi) is 4.71. The lowest BCUT2D eigenvalue weighted by molar-refractivity contribution is 0.216. The summed E-state index contributed by atoms with van der Waals surface area (Å²) in [6.45, 7) is 2.90. The van der Waals surface area contributed by atoms with Crippen molar-refractivity contribution in [3.63, 3.8) is 0 Å². The van der Waals surface area contributed by atoms with Crippen molar-refractivity contribution in [1.82, 2.24) is 0 Å². The Labute approximate surface area is 119 Å². The summed E-state index contributed by atoms with van der Waals surface area (Å²) in [5.74, 6) is 2.33. The van der Waals surface area contributed by atoms with Crippen LogP contribution in [0.3, 0.4) is 0 Å². The smallest absolute Gasteiger partial charge is 0.124 e. The lowest BCUT2D eigenvalue weighted by Gasteiger charge is -2.11. The molecule has 2 N–H and O–H groups in total. The highest BCUT2D eigenvalue weighted by atomic mass is 16.5. The Balaban J connectivity index is 1.82. The van der Waals surface area contributed by atoms with Gasteiger partial charge >= 0.3 is 0 Å². The molecule has 0 aliphatic carbocycles. The molecule has 0 heterocycles. The van der Waals surface area contributed by atoms with E-state index in [1.165, 1.54) is 0 Å². The number of hydrogen-bond donors (Lipinski definition) is 1. The summed E-state index contributed by atoms with van der Waals surface area (Å²) < 4.78 is 16.4. The molecular formula is C16H19NO3. The number of hydrogen-bond acceptors (Lipinski definition) is 4. The molecule has 0 aliphatic rings. The van der Waals surface area contributed by atoms with Crippen molar-refractivity contribution in [1.29, 1.82) is 0 Å². The standard InChI is InChI=1S/C16H19NO3/c1-12-6-7-13(17)10-16(12)20-9-8-19-15-5-3-4-14(11-15)18-2/h3-7,10-11H,8-9,17H2,1-2H3. The molecule has 0 bridgehead atoms. The zero-order valence-corrected chi connectivity index (χ0v) is 11.8. The molecule has 0 aliphatic heterocycles. The lowest BCUT2D eigenvalue weighted by atomic mass is 10.2. The van der Waals surface area contributed by atoms with Gasteiger partial charge in [0.05, 0.1) is 7.11 Å². The van der Waals surface area contributed by atoms with Gasteiger partial charge in [-0.15, -0.1) is 0 Å². The van der Waals surface area contributed by atoms with E-state index in [1.807, 2.05) is 49.4 Å². The van der Waals surface area contributed by atoms with Crippen molar-refractivity contribution in [3.05, 3.63) is 48.0 Å². The molecule has 0 aromatic heterocycles. The third-order valence-corrected chi connectivity index (χ3v) is 2.86. The van der Waals surface area contributed by atoms with Crippen molar-refractivity contribution in [2.45, 2.75) is 6.92 Å². The third kappa shape index (κ3) is 3.82. The largest absolute Gasteiger partial charge is 0.497 e. The van der Waals surface area contributed by atoms with E-state index >= 15 is 0 Å². The number of nitrogen functional groups attached to an aromatic ring is 1. The molecule has 2 rings (SSSR count). The fraction of sp³-hybridized carbons (Fsp3) is 0.250. The van der Waals surface area contributed by atoms with Crippen molar-refractivity contribution >= 4 is 5.69 Å². The quantitative estimate of drug-likeness (QED) is 0.649. The van der Waals surface area contributed by atoms with Gasteiger partial charge in [-0.2, -0.15) is 0 Å². The molecule has 0 spiro atoms. The summed E-state index contributed by atoms with van der Waals surface area (Å²) in [6, 6.07) is 13.1. The second-order valence-corrected chi connectivity index (χ2v) is 4.40. The zero-order valence-electron chi connectivity index (χ0n) is 11.8. The molecule has 4 nitrogen and oxygen atoms in total. The molecule has 106 valence electrons. The molecule has 4 heteroatoms. The number of aryl methyl sites for hydroxylation is 1. The molecule has 0 fully saturated rings. The maximum Gasteiger partial charge on any atom is 0.124 e. The monoisotopic (exact) mass is 273 g/mol. The second kappa shape index (κ2) is 6.70. The molecular weight excluding hydrogens is 254 g/mol. The number of nitrogens with two attached hydrogens (primary N) is 1. The van der Waals surface area contributed by atoms with Crippen LogP contribution in [0.1, 0.15) is 5.56 Å². The summed E-state index contributed by atoms with van der Waals surface area (Å²) in [7, 11) is 1.63. The Bertz CT molecular complexity index is 569. The minimum absolute atomic E-state index is 0.460. The highest BCUT2D eigenvalue weighted by molar-refractivity contribution is 5.47. The van der Waals surface area contributed by atoms with Gasteiger partial charge in [-0.25, -0.2) is 0 Å². The van der Waals surface area contributed by atoms with Crippen molar-refractivity contribution in [2.75, 3.05) is 26.1 Å². The fourth-order valence-electron chi connectivity index (χ4n) is 1.77. The Morgan fingerprint density at radius 3 is 2.50 bits per heavy atom. The van der Waals surface area contributed by atoms with Gasteiger partial charge in [0, 0.05) is 17.8 Å². The minimum Gasteiger partial charge on any atom is -0.497 e. The van der Waals surface area contributed by atoms with E-state index in [9.17, 15) is 0 Å². The Morgan fingerprint density at radius 1 is 0.950 bits per heavy atom. The normalized spacial score (nSPS) is 10.1. The van der Waals surface area contributed by atoms with Crippen LogP contribution >= 0.6 is 0 Å². The van der Waals surface area contributed by atoms with Crippen LogP contribution in [0, 0.1) is 6.92 Å². The maximum absolute atomic E-state index is 5.73. The van der Waals surface area contributed by atoms with Crippen LogP contribution in [0.2, 0.25) is 0 Å². The van der Waals surface area contributed by atoms with E-state index in [-0.39, 0.29) is 0 Å². The maximum atomic E-state index is 5.73. The first kappa shape index (κ1) is 14.1. The van der Waals surface area contributed by atoms with Gasteiger partial charge in [0.25, 0.3) is 0 Å². The Hall–Kier alpha value is -2.36. The van der Waals surface area contributed by atoms with Gasteiger partial charge in [-0.1, -0.05) is 12.1 Å². The lowest BCUT2D eigenvalue weighted by Crippen LogP contribution is -2.09. The fourth-order valence-corrected chi connectivity index (χ4v) is 1.77. The summed E-state index contributed by atoms with van der Waals surface area (Å²) in [6.07, 6.45) is 0. The van der Waals surface area contributed by atoms with Crippen LogP contribution in [0.15, 0.2) is 42.5 Å². The number of methoxy groups -OCH3 is 1. The molecule has 2 aromatic rings. The van der Waals surface area contributed by atoms with Crippen LogP contribution < -0.4 is 19.9 Å². The number of benzene rings is 2. The molecule has 0 atom stereocenters. The van der Waals surface area contributed by atoms with Gasteiger partial charge in [-0.3, -0.25) is 0 Å². The molecule has 0 unspecified atom stereocenters. The van der Waals surface area contributed by atoms with Crippen molar-refractivity contribution in [2.24, 2.45) is 0 Å². The van der Waals surface area contributed by atoms with Gasteiger partial charge < -0.3 is 19.9 Å². The summed E-state index contributed by atoms with van der Waals surface area (Å²) >= 11 is 0. The van der Waals surface area contributed by atoms with Gasteiger partial charge in [0.15, 0.2) is 0 Å². The molecule has 0 radical (unpaired) electrons. The van der Waals surface area contributed by atoms with Crippen LogP contribution in [0.5, 0.6) is 17.2 Å². The minimum atomic E-state index is 0.460. The highest BCUT2D eigenvalue weighted by Gasteiger charge is 2.01. The highest BCUT2D eigenvalue weighted by Crippen LogP contribution is 2.21. The average molecular weight is 273 g/mol. The third-order valence-electron chi connectivity index (χ3n) is 2.86. The van der Waals surface area contributed by atoms with Crippen molar-refractivity contribution in [3.8, 4) is 17.2 Å². The van der Waals surface area contributed by atoms with E-state index in [0.717, 1.165) is 22.8 Å². The molecule has 0 amide bonds. The van der Waals surface area contributed by atoms with E-state index in [1.54, 1.807) is 7.11 Å². The molecule has 0 saturated heterocycles. The summed E-state index contributed by atoms with van der Waals surface area (Å²) in [5.41, 5.74) is 7.48. The van der Waals surface area contributed by atoms with E-state index < -0.39 is 0 Å². The SMILES string of the molecule is COc1cccc(OCCOc2cc(N)ccc2C)c1. The van der Waals surface area contributed by atoms with Crippen LogP contribution in [0.4, 0.5) is 5.69 Å². The van der Waals surface area contributed by atoms with Gasteiger partial charge in [-0.05, 0) is 30.7 Å². The molecule has 2 aromatic carbocycles. The average Bonchev–Trinajstić information content (AvgIpc) is 2.47. The first-order valence-corrected chi connectivity index (χ1v) is 6.45. The van der Waals surface area contributed by atoms with E-state index in [0.29, 0.717) is 18.9 Å². The van der Waals surface area contributed by atoms with Crippen LogP contribution in [-0.4, -0.2) is 20.3 Å². The predicted octanol–water partition coefficient (Wildman–Crippen LogP) is 3.04. The second-order valence-electron chi connectivity index (χ2n) is 4.40. The predicted molar refractivity (Wildman–Crippen MR) is 79.6 cm³/mol. The van der Waals surface area contributed by atoms with Crippen LogP contribution in [0.25, 0.3) is 0 Å². The summed E-state index contributed by atoms with van der Waals surface area (Å²) in [5, 5.41) is 0. The Morgan fingerprint density at radius 2 is 1.70 bits per heavy atom. The first-order chi connectivity index (χ1) is 9.69. The van der Waals surface area contributed by atoms with Crippen molar-refractivity contribution < 1.29 is 14.2 Å². The number of rotatable bonds is 6. The summed E-state index contributed by atoms with van der Waals surface area (Å²) in [4.78, 5) is 0. The van der Waals surface area contributed by atoms with E-state index in [2.05, 4.69) is 0 Å².